The van der Waals surface area contributed by atoms with Crippen molar-refractivity contribution in [3.05, 3.63) is 42.0 Å². The monoisotopic (exact) mass is 593 g/mol. The van der Waals surface area contributed by atoms with Crippen LogP contribution in [0.4, 0.5) is 14.9 Å². The minimum atomic E-state index is -0.689. The number of ether oxygens (including phenoxy) is 3. The number of amides is 2. The largest absolute Gasteiger partial charge is 0.464 e. The molecule has 2 amide bonds. The van der Waals surface area contributed by atoms with E-state index in [1.165, 1.54) is 17.9 Å². The van der Waals surface area contributed by atoms with Crippen molar-refractivity contribution in [3.63, 3.8) is 0 Å². The van der Waals surface area contributed by atoms with Crippen LogP contribution in [0, 0.1) is 5.82 Å². The van der Waals surface area contributed by atoms with Crippen LogP contribution in [-0.4, -0.2) is 81.3 Å². The van der Waals surface area contributed by atoms with E-state index in [-0.39, 0.29) is 53.1 Å². The molecule has 43 heavy (non-hydrogen) atoms. The molecule has 0 saturated carbocycles. The van der Waals surface area contributed by atoms with Gasteiger partial charge in [-0.25, -0.2) is 19.2 Å². The van der Waals surface area contributed by atoms with Gasteiger partial charge in [0.15, 0.2) is 24.0 Å². The summed E-state index contributed by atoms with van der Waals surface area (Å²) < 4.78 is 33.3. The standard InChI is InChI=1S/C30H36FN7O5/c1-16-12-37(13-17(2)38(16)29(40)43-30(3,4)5)19-9-21-20(27(32)39)10-23(34-28(21)33-11-19)22-8-18-14-36(6)35-25(18)24(31)26(22)42-15-41-7/h8-11,14,16-17H,12-13,15H2,1-7H3,(H2,32,39)/t16-,17+. The fourth-order valence-corrected chi connectivity index (χ4v) is 5.50. The van der Waals surface area contributed by atoms with Gasteiger partial charge < -0.3 is 24.8 Å². The molecule has 1 aliphatic rings. The van der Waals surface area contributed by atoms with E-state index in [1.54, 1.807) is 30.4 Å². The Kier molecular flexibility index (Phi) is 7.86. The summed E-state index contributed by atoms with van der Waals surface area (Å²) >= 11 is 0. The molecule has 2 atom stereocenters. The quantitative estimate of drug-likeness (QED) is 0.325. The molecule has 3 aromatic heterocycles. The number of rotatable bonds is 6. The van der Waals surface area contributed by atoms with Gasteiger partial charge in [0.2, 0.25) is 5.91 Å². The number of aromatic nitrogens is 4. The number of fused-ring (bicyclic) bond motifs is 2. The van der Waals surface area contributed by atoms with Crippen LogP contribution in [0.15, 0.2) is 30.6 Å². The summed E-state index contributed by atoms with van der Waals surface area (Å²) in [6.07, 6.45) is 2.98. The molecule has 228 valence electrons. The summed E-state index contributed by atoms with van der Waals surface area (Å²) in [4.78, 5) is 38.7. The van der Waals surface area contributed by atoms with Gasteiger partial charge in [-0.05, 0) is 52.8 Å². The predicted molar refractivity (Wildman–Crippen MR) is 159 cm³/mol. The topological polar surface area (TPSA) is 138 Å². The lowest BCUT2D eigenvalue weighted by Crippen LogP contribution is -2.59. The number of nitrogens with zero attached hydrogens (tertiary/aromatic N) is 6. The molecule has 4 aromatic rings. The summed E-state index contributed by atoms with van der Waals surface area (Å²) in [5.41, 5.74) is 7.10. The van der Waals surface area contributed by atoms with Crippen LogP contribution in [0.3, 0.4) is 0 Å². The highest BCUT2D eigenvalue weighted by Gasteiger charge is 2.36. The number of carbonyl (C=O) groups is 2. The van der Waals surface area contributed by atoms with Crippen molar-refractivity contribution >= 4 is 39.6 Å². The Balaban J connectivity index is 1.54. The van der Waals surface area contributed by atoms with Gasteiger partial charge >= 0.3 is 6.09 Å². The Morgan fingerprint density at radius 1 is 1.14 bits per heavy atom. The van der Waals surface area contributed by atoms with E-state index in [9.17, 15) is 9.59 Å². The van der Waals surface area contributed by atoms with E-state index in [1.807, 2.05) is 40.7 Å². The average molecular weight is 594 g/mol. The molecule has 0 bridgehead atoms. The number of aryl methyl sites for hydroxylation is 1. The van der Waals surface area contributed by atoms with Gasteiger partial charge in [-0.1, -0.05) is 0 Å². The van der Waals surface area contributed by atoms with E-state index in [0.29, 0.717) is 29.4 Å². The molecular weight excluding hydrogens is 557 g/mol. The zero-order valence-electron chi connectivity index (χ0n) is 25.3. The first-order valence-electron chi connectivity index (χ1n) is 13.9. The van der Waals surface area contributed by atoms with Crippen LogP contribution < -0.4 is 15.4 Å². The molecular formula is C30H36FN7O5. The zero-order chi connectivity index (χ0) is 31.2. The zero-order valence-corrected chi connectivity index (χ0v) is 25.3. The van der Waals surface area contributed by atoms with Gasteiger partial charge in [-0.15, -0.1) is 0 Å². The highest BCUT2D eigenvalue weighted by atomic mass is 19.1. The molecule has 13 heteroatoms. The highest BCUT2D eigenvalue weighted by molar-refractivity contribution is 6.06. The smallest absolute Gasteiger partial charge is 0.410 e. The second-order valence-corrected chi connectivity index (χ2v) is 11.8. The first-order valence-corrected chi connectivity index (χ1v) is 13.9. The lowest BCUT2D eigenvalue weighted by molar-refractivity contribution is 0.00564. The number of hydrogen-bond acceptors (Lipinski definition) is 9. The van der Waals surface area contributed by atoms with Gasteiger partial charge in [0, 0.05) is 49.8 Å². The maximum Gasteiger partial charge on any atom is 0.410 e. The normalized spacial score (nSPS) is 17.5. The Morgan fingerprint density at radius 3 is 2.47 bits per heavy atom. The molecule has 5 rings (SSSR count). The molecule has 1 aromatic carbocycles. The molecule has 0 aliphatic carbocycles. The van der Waals surface area contributed by atoms with E-state index in [0.717, 1.165) is 5.69 Å². The highest BCUT2D eigenvalue weighted by Crippen LogP contribution is 2.38. The first kappa shape index (κ1) is 30.0. The van der Waals surface area contributed by atoms with Gasteiger partial charge in [0.05, 0.1) is 35.2 Å². The maximum atomic E-state index is 15.6. The van der Waals surface area contributed by atoms with E-state index in [2.05, 4.69) is 20.0 Å². The second-order valence-electron chi connectivity index (χ2n) is 11.8. The predicted octanol–water partition coefficient (Wildman–Crippen LogP) is 4.24. The van der Waals surface area contributed by atoms with Crippen molar-refractivity contribution in [1.82, 2.24) is 24.6 Å². The average Bonchev–Trinajstić information content (AvgIpc) is 3.30. The van der Waals surface area contributed by atoms with Crippen molar-refractivity contribution in [2.45, 2.75) is 52.3 Å². The minimum absolute atomic E-state index is 0.113. The number of benzene rings is 1. The fourth-order valence-electron chi connectivity index (χ4n) is 5.50. The second kappa shape index (κ2) is 11.3. The lowest BCUT2D eigenvalue weighted by atomic mass is 10.0. The van der Waals surface area contributed by atoms with Crippen molar-refractivity contribution in [1.29, 1.82) is 0 Å². The van der Waals surface area contributed by atoms with Crippen molar-refractivity contribution in [2.75, 3.05) is 31.9 Å². The van der Waals surface area contributed by atoms with E-state index in [4.69, 9.17) is 19.9 Å². The van der Waals surface area contributed by atoms with Gasteiger partial charge in [-0.3, -0.25) is 14.4 Å². The summed E-state index contributed by atoms with van der Waals surface area (Å²) in [6.45, 7) is 10.3. The van der Waals surface area contributed by atoms with Crippen LogP contribution in [-0.2, 0) is 16.5 Å². The Hall–Kier alpha value is -4.52. The van der Waals surface area contributed by atoms with Crippen molar-refractivity contribution in [3.8, 4) is 17.0 Å². The molecule has 0 spiro atoms. The third-order valence-corrected chi connectivity index (χ3v) is 7.21. The molecule has 12 nitrogen and oxygen atoms in total. The number of nitrogens with two attached hydrogens (primary N) is 1. The van der Waals surface area contributed by atoms with Crippen LogP contribution in [0.2, 0.25) is 0 Å². The first-order chi connectivity index (χ1) is 20.3. The van der Waals surface area contributed by atoms with Crippen molar-refractivity contribution in [2.24, 2.45) is 12.8 Å². The van der Waals surface area contributed by atoms with Gasteiger partial charge in [0.25, 0.3) is 0 Å². The maximum absolute atomic E-state index is 15.6. The third kappa shape index (κ3) is 5.89. The SMILES string of the molecule is COCOc1c(-c2cc(C(N)=O)c3cc(N4C[C@@H](C)N(C(=O)OC(C)(C)C)[C@@H](C)C4)cnc3n2)cc2cn(C)nc2c1F. The van der Waals surface area contributed by atoms with Crippen LogP contribution in [0.25, 0.3) is 33.2 Å². The molecule has 2 N–H and O–H groups in total. The minimum Gasteiger partial charge on any atom is -0.464 e. The number of halogens is 1. The summed E-state index contributed by atoms with van der Waals surface area (Å²) in [7, 11) is 3.12. The summed E-state index contributed by atoms with van der Waals surface area (Å²) in [6, 6.07) is 4.73. The summed E-state index contributed by atoms with van der Waals surface area (Å²) in [5.74, 6) is -1.48. The Labute approximate surface area is 248 Å². The molecule has 1 fully saturated rings. The molecule has 0 unspecified atom stereocenters. The number of hydrogen-bond donors (Lipinski definition) is 1. The number of pyridine rings is 2. The van der Waals surface area contributed by atoms with Crippen LogP contribution in [0.1, 0.15) is 45.0 Å². The number of anilines is 1. The van der Waals surface area contributed by atoms with Crippen LogP contribution >= 0.6 is 0 Å². The van der Waals surface area contributed by atoms with Crippen molar-refractivity contribution < 1.29 is 28.2 Å². The number of piperazine rings is 1. The van der Waals surface area contributed by atoms with Gasteiger partial charge in [-0.2, -0.15) is 5.10 Å². The van der Waals surface area contributed by atoms with E-state index < -0.39 is 17.3 Å². The molecule has 0 radical (unpaired) electrons. The molecule has 4 heterocycles. The molecule has 1 aliphatic heterocycles. The third-order valence-electron chi connectivity index (χ3n) is 7.21. The van der Waals surface area contributed by atoms with Crippen LogP contribution in [0.5, 0.6) is 5.75 Å². The number of carbonyl (C=O) groups excluding carboxylic acids is 2. The fraction of sp³-hybridized carbons (Fsp3) is 0.433. The number of primary amides is 1. The molecule has 1 saturated heterocycles. The summed E-state index contributed by atoms with van der Waals surface area (Å²) in [5, 5.41) is 5.16. The lowest BCUT2D eigenvalue weighted by Gasteiger charge is -2.45. The van der Waals surface area contributed by atoms with E-state index >= 15 is 4.39 Å². The van der Waals surface area contributed by atoms with Gasteiger partial charge in [0.1, 0.15) is 11.1 Å². The number of methoxy groups -OCH3 is 1. The Bertz CT molecular complexity index is 1710. The Morgan fingerprint density at radius 2 is 1.84 bits per heavy atom.